The maximum absolute atomic E-state index is 12.3. The Hall–Kier alpha value is -0.590. The van der Waals surface area contributed by atoms with Crippen molar-refractivity contribution in [3.05, 3.63) is 48.7 Å². The molecule has 0 radical (unpaired) electrons. The molecule has 5 heteroatoms. The van der Waals surface area contributed by atoms with Gasteiger partial charge < -0.3 is 4.74 Å². The van der Waals surface area contributed by atoms with Crippen molar-refractivity contribution in [2.24, 2.45) is 0 Å². The van der Waals surface area contributed by atoms with E-state index in [1.54, 1.807) is 18.2 Å². The molecule has 0 aliphatic heterocycles. The second kappa shape index (κ2) is 5.37. The Morgan fingerprint density at radius 3 is 2.76 bits per heavy atom. The van der Waals surface area contributed by atoms with E-state index in [4.69, 9.17) is 16.3 Å². The number of methoxy groups -OCH3 is 1. The minimum absolute atomic E-state index is 0.0662. The number of thiophene rings is 1. The minimum atomic E-state index is -0.0662. The molecule has 2 aromatic rings. The molecule has 17 heavy (non-hydrogen) atoms. The topological polar surface area (TPSA) is 26.3 Å². The van der Waals surface area contributed by atoms with Crippen LogP contribution in [0.15, 0.2) is 29.6 Å². The molecule has 0 fully saturated rings. The second-order valence-electron chi connectivity index (χ2n) is 3.31. The Morgan fingerprint density at radius 2 is 2.18 bits per heavy atom. The number of ether oxygens (including phenoxy) is 1. The number of carbonyl (C=O) groups excluding carboxylic acids is 1. The molecule has 2 nitrogen and oxygen atoms in total. The van der Waals surface area contributed by atoms with E-state index in [0.717, 1.165) is 2.88 Å². The molecule has 1 aromatic heterocycles. The number of ketones is 1. The lowest BCUT2D eigenvalue weighted by Gasteiger charge is -2.06. The van der Waals surface area contributed by atoms with Crippen LogP contribution in [0.25, 0.3) is 0 Å². The monoisotopic (exact) mass is 378 g/mol. The molecule has 2 rings (SSSR count). The van der Waals surface area contributed by atoms with Crippen LogP contribution in [-0.4, -0.2) is 12.9 Å². The first-order valence-corrected chi connectivity index (χ1v) is 7.07. The molecule has 1 aromatic carbocycles. The fourth-order valence-corrected chi connectivity index (χ4v) is 2.94. The number of benzene rings is 1. The van der Waals surface area contributed by atoms with Crippen molar-refractivity contribution in [2.75, 3.05) is 7.11 Å². The number of carbonyl (C=O) groups is 1. The van der Waals surface area contributed by atoms with Gasteiger partial charge in [-0.05, 0) is 46.9 Å². The Kier molecular flexibility index (Phi) is 4.06. The van der Waals surface area contributed by atoms with Crippen molar-refractivity contribution in [3.63, 3.8) is 0 Å². The third-order valence-corrected chi connectivity index (χ3v) is 4.26. The van der Waals surface area contributed by atoms with Gasteiger partial charge in [-0.1, -0.05) is 11.6 Å². The summed E-state index contributed by atoms with van der Waals surface area (Å²) in [6, 6.07) is 6.89. The highest BCUT2D eigenvalue weighted by atomic mass is 127. The van der Waals surface area contributed by atoms with Gasteiger partial charge in [0.25, 0.3) is 0 Å². The number of hydrogen-bond acceptors (Lipinski definition) is 3. The van der Waals surface area contributed by atoms with E-state index in [9.17, 15) is 4.79 Å². The summed E-state index contributed by atoms with van der Waals surface area (Å²) in [4.78, 5) is 12.3. The highest BCUT2D eigenvalue weighted by Gasteiger charge is 2.16. The molecular weight excluding hydrogens is 371 g/mol. The standard InChI is InChI=1S/C12H8ClIO2S/c1-16-10-3-2-8(13)5-9(10)12(15)7-4-11(14)17-6-7/h2-6H,1H3. The van der Waals surface area contributed by atoms with Gasteiger partial charge >= 0.3 is 0 Å². The van der Waals surface area contributed by atoms with Gasteiger partial charge in [-0.3, -0.25) is 4.79 Å². The molecule has 0 N–H and O–H groups in total. The summed E-state index contributed by atoms with van der Waals surface area (Å²) < 4.78 is 6.25. The Bertz CT molecular complexity index is 565. The maximum Gasteiger partial charge on any atom is 0.197 e. The summed E-state index contributed by atoms with van der Waals surface area (Å²) in [5.41, 5.74) is 1.16. The lowest BCUT2D eigenvalue weighted by atomic mass is 10.1. The van der Waals surface area contributed by atoms with Crippen LogP contribution in [0.2, 0.25) is 5.02 Å². The second-order valence-corrected chi connectivity index (χ2v) is 6.56. The van der Waals surface area contributed by atoms with E-state index in [2.05, 4.69) is 22.6 Å². The molecule has 88 valence electrons. The van der Waals surface area contributed by atoms with Crippen molar-refractivity contribution >= 4 is 51.3 Å². The van der Waals surface area contributed by atoms with Gasteiger partial charge in [0, 0.05) is 16.0 Å². The van der Waals surface area contributed by atoms with E-state index in [0.29, 0.717) is 21.9 Å². The van der Waals surface area contributed by atoms with Crippen LogP contribution < -0.4 is 4.74 Å². The van der Waals surface area contributed by atoms with E-state index in [1.165, 1.54) is 18.4 Å². The number of halogens is 2. The molecule has 0 aliphatic rings. The molecule has 0 bridgehead atoms. The van der Waals surface area contributed by atoms with Crippen molar-refractivity contribution in [1.29, 1.82) is 0 Å². The molecule has 0 aliphatic carbocycles. The van der Waals surface area contributed by atoms with Crippen LogP contribution in [0, 0.1) is 2.88 Å². The lowest BCUT2D eigenvalue weighted by molar-refractivity contribution is 0.103. The quantitative estimate of drug-likeness (QED) is 0.590. The molecule has 1 heterocycles. The van der Waals surface area contributed by atoms with E-state index in [-0.39, 0.29) is 5.78 Å². The van der Waals surface area contributed by atoms with Gasteiger partial charge in [0.15, 0.2) is 5.78 Å². The summed E-state index contributed by atoms with van der Waals surface area (Å²) in [7, 11) is 1.54. The van der Waals surface area contributed by atoms with Gasteiger partial charge in [0.05, 0.1) is 15.6 Å². The zero-order valence-electron chi connectivity index (χ0n) is 8.87. The predicted octanol–water partition coefficient (Wildman–Crippen LogP) is 4.25. The van der Waals surface area contributed by atoms with Gasteiger partial charge in [-0.2, -0.15) is 0 Å². The van der Waals surface area contributed by atoms with E-state index >= 15 is 0 Å². The van der Waals surface area contributed by atoms with Crippen LogP contribution in [0.4, 0.5) is 0 Å². The molecule has 0 atom stereocenters. The summed E-state index contributed by atoms with van der Waals surface area (Å²) in [6.07, 6.45) is 0. The third kappa shape index (κ3) is 2.81. The molecular formula is C12H8ClIO2S. The van der Waals surface area contributed by atoms with E-state index < -0.39 is 0 Å². The lowest BCUT2D eigenvalue weighted by Crippen LogP contribution is -2.02. The van der Waals surface area contributed by atoms with Gasteiger partial charge in [-0.25, -0.2) is 0 Å². The van der Waals surface area contributed by atoms with Crippen LogP contribution in [0.5, 0.6) is 5.75 Å². The van der Waals surface area contributed by atoms with Crippen LogP contribution in [0.1, 0.15) is 15.9 Å². The Labute approximate surface area is 122 Å². The first kappa shape index (κ1) is 12.9. The van der Waals surface area contributed by atoms with Crippen LogP contribution in [-0.2, 0) is 0 Å². The maximum atomic E-state index is 12.3. The minimum Gasteiger partial charge on any atom is -0.496 e. The van der Waals surface area contributed by atoms with Crippen molar-refractivity contribution in [3.8, 4) is 5.75 Å². The molecule has 0 unspecified atom stereocenters. The fourth-order valence-electron chi connectivity index (χ4n) is 1.44. The number of rotatable bonds is 3. The zero-order valence-corrected chi connectivity index (χ0v) is 12.6. The SMILES string of the molecule is COc1ccc(Cl)cc1C(=O)c1csc(I)c1. The van der Waals surface area contributed by atoms with Crippen molar-refractivity contribution in [1.82, 2.24) is 0 Å². The fraction of sp³-hybridized carbons (Fsp3) is 0.0833. The summed E-state index contributed by atoms with van der Waals surface area (Å²) in [5.74, 6) is 0.476. The average Bonchev–Trinajstić information content (AvgIpc) is 2.75. The molecule has 0 amide bonds. The van der Waals surface area contributed by atoms with Gasteiger partial charge in [-0.15, -0.1) is 11.3 Å². The highest BCUT2D eigenvalue weighted by Crippen LogP contribution is 2.27. The number of hydrogen-bond donors (Lipinski definition) is 0. The largest absolute Gasteiger partial charge is 0.496 e. The highest BCUT2D eigenvalue weighted by molar-refractivity contribution is 14.1. The summed E-state index contributed by atoms with van der Waals surface area (Å²) in [6.45, 7) is 0. The van der Waals surface area contributed by atoms with Crippen molar-refractivity contribution in [2.45, 2.75) is 0 Å². The Balaban J connectivity index is 2.46. The zero-order chi connectivity index (χ0) is 12.4. The Morgan fingerprint density at radius 1 is 1.41 bits per heavy atom. The smallest absolute Gasteiger partial charge is 0.197 e. The van der Waals surface area contributed by atoms with Crippen LogP contribution >= 0.6 is 45.5 Å². The van der Waals surface area contributed by atoms with Crippen LogP contribution in [0.3, 0.4) is 0 Å². The first-order valence-electron chi connectivity index (χ1n) is 4.74. The molecule has 0 spiro atoms. The first-order chi connectivity index (χ1) is 8.11. The molecule has 0 saturated carbocycles. The van der Waals surface area contributed by atoms with Gasteiger partial charge in [0.1, 0.15) is 5.75 Å². The molecule has 0 saturated heterocycles. The van der Waals surface area contributed by atoms with Crippen molar-refractivity contribution < 1.29 is 9.53 Å². The third-order valence-electron chi connectivity index (χ3n) is 2.24. The normalized spacial score (nSPS) is 10.3. The summed E-state index contributed by atoms with van der Waals surface area (Å²) in [5, 5.41) is 2.36. The summed E-state index contributed by atoms with van der Waals surface area (Å²) >= 11 is 9.63. The van der Waals surface area contributed by atoms with Gasteiger partial charge in [0.2, 0.25) is 0 Å². The average molecular weight is 379 g/mol. The predicted molar refractivity (Wildman–Crippen MR) is 78.5 cm³/mol. The van der Waals surface area contributed by atoms with E-state index in [1.807, 2.05) is 11.4 Å².